The number of nitrogens with zero attached hydrogens (tertiary/aromatic N) is 1. The molecule has 1 atom stereocenters. The molecule has 9 nitrogen and oxygen atoms in total. The van der Waals surface area contributed by atoms with Crippen molar-refractivity contribution in [3.05, 3.63) is 95.6 Å². The molecule has 226 valence electrons. The second-order valence-corrected chi connectivity index (χ2v) is 11.4. The molecule has 0 saturated heterocycles. The van der Waals surface area contributed by atoms with Gasteiger partial charge in [0, 0.05) is 39.3 Å². The van der Waals surface area contributed by atoms with Gasteiger partial charge in [-0.1, -0.05) is 61.5 Å². The van der Waals surface area contributed by atoms with Gasteiger partial charge in [-0.15, -0.1) is 0 Å². The molecule has 0 bridgehead atoms. The maximum Gasteiger partial charge on any atom is 0.247 e. The summed E-state index contributed by atoms with van der Waals surface area (Å²) in [5, 5.41) is 2.99. The first-order valence-corrected chi connectivity index (χ1v) is 15.7. The molecule has 3 rings (SSSR count). The number of amides is 2. The van der Waals surface area contributed by atoms with Crippen molar-refractivity contribution in [2.75, 3.05) is 33.4 Å². The number of benzene rings is 3. The quantitative estimate of drug-likeness (QED) is 0.226. The van der Waals surface area contributed by atoms with Crippen LogP contribution >= 0.6 is 0 Å². The van der Waals surface area contributed by atoms with E-state index in [1.165, 1.54) is 12.1 Å². The van der Waals surface area contributed by atoms with Crippen LogP contribution in [0.5, 0.6) is 5.75 Å². The van der Waals surface area contributed by atoms with E-state index in [2.05, 4.69) is 10.0 Å². The summed E-state index contributed by atoms with van der Waals surface area (Å²) in [6.45, 7) is 5.73. The van der Waals surface area contributed by atoms with E-state index in [1.54, 1.807) is 31.1 Å². The Morgan fingerprint density at radius 2 is 1.57 bits per heavy atom. The fourth-order valence-corrected chi connectivity index (χ4v) is 5.53. The highest BCUT2D eigenvalue weighted by Crippen LogP contribution is 2.26. The number of rotatable bonds is 17. The van der Waals surface area contributed by atoms with Gasteiger partial charge in [0.15, 0.2) is 0 Å². The van der Waals surface area contributed by atoms with Gasteiger partial charge >= 0.3 is 0 Å². The molecule has 3 aromatic carbocycles. The molecular formula is C32H41N3O6S. The number of ether oxygens (including phenoxy) is 2. The molecule has 0 aliphatic rings. The van der Waals surface area contributed by atoms with Gasteiger partial charge in [-0.3, -0.25) is 9.59 Å². The summed E-state index contributed by atoms with van der Waals surface area (Å²) in [4.78, 5) is 29.3. The van der Waals surface area contributed by atoms with Crippen molar-refractivity contribution in [2.24, 2.45) is 0 Å². The van der Waals surface area contributed by atoms with E-state index < -0.39 is 16.1 Å². The molecule has 2 N–H and O–H groups in total. The van der Waals surface area contributed by atoms with E-state index >= 15 is 0 Å². The Morgan fingerprint density at radius 1 is 0.905 bits per heavy atom. The van der Waals surface area contributed by atoms with Crippen LogP contribution in [-0.2, 0) is 37.3 Å². The third kappa shape index (κ3) is 9.68. The predicted molar refractivity (Wildman–Crippen MR) is 162 cm³/mol. The maximum atomic E-state index is 13.9. The van der Waals surface area contributed by atoms with E-state index in [9.17, 15) is 18.0 Å². The fraction of sp³-hybridized carbons (Fsp3) is 0.375. The Morgan fingerprint density at radius 3 is 2.19 bits per heavy atom. The van der Waals surface area contributed by atoms with Crippen molar-refractivity contribution < 1.29 is 27.5 Å². The van der Waals surface area contributed by atoms with E-state index in [0.717, 1.165) is 11.1 Å². The lowest BCUT2D eigenvalue weighted by Gasteiger charge is -2.32. The molecule has 0 spiro atoms. The van der Waals surface area contributed by atoms with Crippen molar-refractivity contribution in [1.82, 2.24) is 14.9 Å². The number of carbonyl (C=O) groups is 2. The molecule has 2 amide bonds. The van der Waals surface area contributed by atoms with Crippen LogP contribution in [0.3, 0.4) is 0 Å². The highest BCUT2D eigenvalue weighted by Gasteiger charge is 2.31. The van der Waals surface area contributed by atoms with Gasteiger partial charge in [0.05, 0.1) is 12.0 Å². The van der Waals surface area contributed by atoms with Gasteiger partial charge in [-0.25, -0.2) is 13.1 Å². The summed E-state index contributed by atoms with van der Waals surface area (Å²) in [6, 6.07) is 22.3. The number of carbonyl (C=O) groups excluding carboxylic acids is 2. The fourth-order valence-electron chi connectivity index (χ4n) is 4.49. The first-order valence-electron chi connectivity index (χ1n) is 14.2. The van der Waals surface area contributed by atoms with Gasteiger partial charge in [0.2, 0.25) is 21.8 Å². The Bertz CT molecular complexity index is 1360. The number of sulfonamides is 1. The van der Waals surface area contributed by atoms with Crippen molar-refractivity contribution in [2.45, 2.75) is 50.6 Å². The zero-order valence-corrected chi connectivity index (χ0v) is 25.4. The highest BCUT2D eigenvalue weighted by molar-refractivity contribution is 7.89. The Balaban J connectivity index is 1.85. The Labute approximate surface area is 249 Å². The van der Waals surface area contributed by atoms with Crippen molar-refractivity contribution in [3.8, 4) is 5.75 Å². The van der Waals surface area contributed by atoms with E-state index in [4.69, 9.17) is 9.47 Å². The first kappa shape index (κ1) is 32.8. The average Bonchev–Trinajstić information content (AvgIpc) is 3.00. The minimum absolute atomic E-state index is 0.135. The number of aryl methyl sites for hydroxylation is 1. The number of hydrogen-bond donors (Lipinski definition) is 2. The molecule has 0 fully saturated rings. The average molecular weight is 596 g/mol. The lowest BCUT2D eigenvalue weighted by molar-refractivity contribution is -0.141. The van der Waals surface area contributed by atoms with Crippen LogP contribution in [0.15, 0.2) is 83.8 Å². The largest absolute Gasteiger partial charge is 0.497 e. The van der Waals surface area contributed by atoms with Gasteiger partial charge in [0.1, 0.15) is 11.8 Å². The van der Waals surface area contributed by atoms with Gasteiger partial charge in [-0.05, 0) is 60.7 Å². The molecule has 42 heavy (non-hydrogen) atoms. The van der Waals surface area contributed by atoms with Crippen LogP contribution in [0.2, 0.25) is 0 Å². The molecule has 10 heteroatoms. The topological polar surface area (TPSA) is 114 Å². The molecule has 1 unspecified atom stereocenters. The number of nitrogens with one attached hydrogen (secondary N) is 2. The van der Waals surface area contributed by atoms with E-state index in [-0.39, 0.29) is 29.7 Å². The SMILES string of the molecule is CCNS(=O)(=O)c1ccc(CCC(=O)N(Cc2ccc(OC)cc2)C(C(=O)NCCCOCC)c2ccccc2)cc1. The Kier molecular flexibility index (Phi) is 13.0. The lowest BCUT2D eigenvalue weighted by Crippen LogP contribution is -2.43. The van der Waals surface area contributed by atoms with Gasteiger partial charge in [-0.2, -0.15) is 0 Å². The minimum Gasteiger partial charge on any atom is -0.497 e. The number of hydrogen-bond acceptors (Lipinski definition) is 6. The van der Waals surface area contributed by atoms with Gasteiger partial charge < -0.3 is 19.7 Å². The third-order valence-electron chi connectivity index (χ3n) is 6.67. The maximum absolute atomic E-state index is 13.9. The molecule has 0 heterocycles. The van der Waals surface area contributed by atoms with Crippen molar-refractivity contribution in [3.63, 3.8) is 0 Å². The molecule has 0 aliphatic carbocycles. The van der Waals surface area contributed by atoms with Crippen LogP contribution in [-0.4, -0.2) is 58.5 Å². The lowest BCUT2D eigenvalue weighted by atomic mass is 10.0. The zero-order valence-electron chi connectivity index (χ0n) is 24.5. The Hall–Kier alpha value is -3.73. The minimum atomic E-state index is -3.56. The second-order valence-electron chi connectivity index (χ2n) is 9.67. The normalized spacial score (nSPS) is 12.0. The predicted octanol–water partition coefficient (Wildman–Crippen LogP) is 4.24. The van der Waals surface area contributed by atoms with Crippen molar-refractivity contribution >= 4 is 21.8 Å². The van der Waals surface area contributed by atoms with Crippen LogP contribution in [0.25, 0.3) is 0 Å². The zero-order chi connectivity index (χ0) is 30.4. The summed E-state index contributed by atoms with van der Waals surface area (Å²) in [6.07, 6.45) is 1.18. The summed E-state index contributed by atoms with van der Waals surface area (Å²) in [5.74, 6) is 0.230. The van der Waals surface area contributed by atoms with Crippen LogP contribution in [0.1, 0.15) is 49.4 Å². The van der Waals surface area contributed by atoms with Gasteiger partial charge in [0.25, 0.3) is 0 Å². The summed E-state index contributed by atoms with van der Waals surface area (Å²) >= 11 is 0. The summed E-state index contributed by atoms with van der Waals surface area (Å²) < 4.78 is 37.7. The highest BCUT2D eigenvalue weighted by atomic mass is 32.2. The molecule has 0 radical (unpaired) electrons. The molecule has 0 saturated carbocycles. The molecule has 0 aliphatic heterocycles. The smallest absolute Gasteiger partial charge is 0.247 e. The standard InChI is InChI=1S/C32H41N3O6S/c1-4-34-42(38,39)29-19-14-25(15-20-29)16-21-30(36)35(24-26-12-17-28(40-3)18-13-26)31(27-10-7-6-8-11-27)32(37)33-22-9-23-41-5-2/h6-8,10-15,17-20,31,34H,4-5,9,16,21-24H2,1-3H3,(H,33,37). The number of methoxy groups -OCH3 is 1. The summed E-state index contributed by atoms with van der Waals surface area (Å²) in [7, 11) is -1.97. The van der Waals surface area contributed by atoms with Crippen LogP contribution in [0.4, 0.5) is 0 Å². The first-order chi connectivity index (χ1) is 20.3. The van der Waals surface area contributed by atoms with E-state index in [1.807, 2.05) is 61.5 Å². The molecular weight excluding hydrogens is 554 g/mol. The monoisotopic (exact) mass is 595 g/mol. The second kappa shape index (κ2) is 16.6. The summed E-state index contributed by atoms with van der Waals surface area (Å²) in [5.41, 5.74) is 2.38. The van der Waals surface area contributed by atoms with Crippen molar-refractivity contribution in [1.29, 1.82) is 0 Å². The third-order valence-corrected chi connectivity index (χ3v) is 8.23. The molecule has 0 aromatic heterocycles. The van der Waals surface area contributed by atoms with E-state index in [0.29, 0.717) is 50.5 Å². The van der Waals surface area contributed by atoms with Crippen LogP contribution in [0, 0.1) is 0 Å². The van der Waals surface area contributed by atoms with Crippen LogP contribution < -0.4 is 14.8 Å². The molecule has 3 aromatic rings.